The summed E-state index contributed by atoms with van der Waals surface area (Å²) in [5, 5.41) is 2.25. The number of allylic oxidation sites excluding steroid dienone is 2. The molecule has 0 bridgehead atoms. The average molecular weight is 507 g/mol. The van der Waals surface area contributed by atoms with Crippen LogP contribution in [0.15, 0.2) is 91.0 Å². The summed E-state index contributed by atoms with van der Waals surface area (Å²) in [5.41, 5.74) is 2.84. The first-order valence-electron chi connectivity index (χ1n) is 14.0. The van der Waals surface area contributed by atoms with Crippen LogP contribution in [0.1, 0.15) is 47.2 Å². The van der Waals surface area contributed by atoms with Gasteiger partial charge in [-0.25, -0.2) is 0 Å². The Balaban J connectivity index is 1.32. The Morgan fingerprint density at radius 2 is 1.55 bits per heavy atom. The Bertz CT molecular complexity index is 1360. The van der Waals surface area contributed by atoms with Gasteiger partial charge in [-0.2, -0.15) is 0 Å². The van der Waals surface area contributed by atoms with Crippen LogP contribution in [-0.4, -0.2) is 48.1 Å². The second-order valence-electron chi connectivity index (χ2n) is 11.6. The number of fused-ring (bicyclic) bond motifs is 4. The van der Waals surface area contributed by atoms with Crippen molar-refractivity contribution in [3.63, 3.8) is 0 Å². The van der Waals surface area contributed by atoms with Crippen molar-refractivity contribution in [1.29, 1.82) is 0 Å². The van der Waals surface area contributed by atoms with E-state index < -0.39 is 0 Å². The van der Waals surface area contributed by atoms with Gasteiger partial charge >= 0.3 is 0 Å². The van der Waals surface area contributed by atoms with E-state index in [1.807, 2.05) is 24.3 Å². The van der Waals surface area contributed by atoms with Crippen LogP contribution in [0.2, 0.25) is 0 Å². The Morgan fingerprint density at radius 1 is 0.842 bits per heavy atom. The minimum Gasteiger partial charge on any atom is -0.369 e. The average Bonchev–Trinajstić information content (AvgIpc) is 3.27. The number of hydrogen-bond donors (Lipinski definition) is 0. The van der Waals surface area contributed by atoms with E-state index in [-0.39, 0.29) is 17.6 Å². The summed E-state index contributed by atoms with van der Waals surface area (Å²) in [4.78, 5) is 18.4. The Morgan fingerprint density at radius 3 is 2.34 bits per heavy atom. The lowest BCUT2D eigenvalue weighted by atomic mass is 9.70. The monoisotopic (exact) mass is 506 g/mol. The lowest BCUT2D eigenvalue weighted by molar-refractivity contribution is -0.0741. The molecule has 1 amide bonds. The van der Waals surface area contributed by atoms with Crippen molar-refractivity contribution in [1.82, 2.24) is 9.80 Å². The van der Waals surface area contributed by atoms with Crippen molar-refractivity contribution in [2.45, 2.75) is 50.5 Å². The van der Waals surface area contributed by atoms with Crippen LogP contribution in [0.5, 0.6) is 0 Å². The molecule has 3 aromatic rings. The highest BCUT2D eigenvalue weighted by Gasteiger charge is 2.55. The number of nitrogens with zero attached hydrogens (tertiary/aromatic N) is 2. The van der Waals surface area contributed by atoms with Gasteiger partial charge in [0.1, 0.15) is 0 Å². The number of rotatable bonds is 7. The summed E-state index contributed by atoms with van der Waals surface area (Å²) in [6.45, 7) is 2.09. The highest BCUT2D eigenvalue weighted by atomic mass is 16.5. The zero-order chi connectivity index (χ0) is 26.1. The molecule has 6 rings (SSSR count). The topological polar surface area (TPSA) is 32.8 Å². The van der Waals surface area contributed by atoms with Gasteiger partial charge in [-0.15, -0.1) is 0 Å². The van der Waals surface area contributed by atoms with Crippen molar-refractivity contribution < 1.29 is 9.53 Å². The Hall–Kier alpha value is -3.21. The van der Waals surface area contributed by atoms with Gasteiger partial charge in [0.25, 0.3) is 5.91 Å². The smallest absolute Gasteiger partial charge is 0.254 e. The van der Waals surface area contributed by atoms with Gasteiger partial charge in [-0.05, 0) is 85.6 Å². The standard InChI is InChI=1S/C34H38N2O2/c1-35(2)22-25-14-16-26(17-15-25)23-36(33(37)29-19-18-27-9-3-4-10-28(27)21-29)24-34-20-8-7-12-31(34)30-11-5-6-13-32(30)38-34/h3-10,14-19,21,30-32H,11-13,20,22-24H2,1-2H3. The fraction of sp³-hybridized carbons (Fsp3) is 0.382. The van der Waals surface area contributed by atoms with E-state index in [4.69, 9.17) is 4.74 Å². The van der Waals surface area contributed by atoms with Crippen LogP contribution in [0.25, 0.3) is 10.8 Å². The second kappa shape index (κ2) is 10.5. The molecule has 196 valence electrons. The molecule has 1 heterocycles. The summed E-state index contributed by atoms with van der Waals surface area (Å²) < 4.78 is 6.94. The SMILES string of the molecule is CN(C)Cc1ccc(CN(CC23CC=CCC2C2CC=CCC2O3)C(=O)c2ccc3ccccc3c2)cc1. The zero-order valence-corrected chi connectivity index (χ0v) is 22.6. The van der Waals surface area contributed by atoms with Crippen LogP contribution in [0.3, 0.4) is 0 Å². The van der Waals surface area contributed by atoms with Crippen molar-refractivity contribution in [2.24, 2.45) is 11.8 Å². The van der Waals surface area contributed by atoms with Crippen LogP contribution in [-0.2, 0) is 17.8 Å². The number of ether oxygens (including phenoxy) is 1. The summed E-state index contributed by atoms with van der Waals surface area (Å²) in [7, 11) is 4.17. The fourth-order valence-corrected chi connectivity index (χ4v) is 6.85. The van der Waals surface area contributed by atoms with E-state index in [0.29, 0.717) is 24.9 Å². The predicted molar refractivity (Wildman–Crippen MR) is 154 cm³/mol. The largest absolute Gasteiger partial charge is 0.369 e. The molecule has 4 unspecified atom stereocenters. The summed E-state index contributed by atoms with van der Waals surface area (Å²) in [6.07, 6.45) is 13.4. The van der Waals surface area contributed by atoms with E-state index in [9.17, 15) is 4.79 Å². The molecule has 1 saturated heterocycles. The van der Waals surface area contributed by atoms with Crippen molar-refractivity contribution in [3.8, 4) is 0 Å². The number of carbonyl (C=O) groups is 1. The molecular formula is C34H38N2O2. The molecule has 4 heteroatoms. The number of amides is 1. The molecule has 0 spiro atoms. The molecule has 0 N–H and O–H groups in total. The van der Waals surface area contributed by atoms with E-state index >= 15 is 0 Å². The quantitative estimate of drug-likeness (QED) is 0.338. The molecular weight excluding hydrogens is 468 g/mol. The molecule has 0 saturated carbocycles. The lowest BCUT2D eigenvalue weighted by Crippen LogP contribution is -2.50. The van der Waals surface area contributed by atoms with Crippen LogP contribution in [0.4, 0.5) is 0 Å². The molecule has 3 aliphatic rings. The zero-order valence-electron chi connectivity index (χ0n) is 22.6. The maximum absolute atomic E-state index is 14.2. The molecule has 1 fully saturated rings. The minimum atomic E-state index is -0.326. The number of hydrogen-bond acceptors (Lipinski definition) is 3. The number of carbonyl (C=O) groups excluding carboxylic acids is 1. The van der Waals surface area contributed by atoms with Crippen molar-refractivity contribution in [3.05, 3.63) is 108 Å². The van der Waals surface area contributed by atoms with Gasteiger partial charge in [-0.3, -0.25) is 4.79 Å². The Kier molecular flexibility index (Phi) is 6.94. The molecule has 4 nitrogen and oxygen atoms in total. The van der Waals surface area contributed by atoms with Gasteiger partial charge < -0.3 is 14.5 Å². The first kappa shape index (κ1) is 25.1. The molecule has 1 aliphatic heterocycles. The summed E-state index contributed by atoms with van der Waals surface area (Å²) >= 11 is 0. The highest BCUT2D eigenvalue weighted by Crippen LogP contribution is 2.51. The molecule has 4 atom stereocenters. The molecule has 0 radical (unpaired) electrons. The maximum atomic E-state index is 14.2. The molecule has 3 aromatic carbocycles. The van der Waals surface area contributed by atoms with E-state index in [0.717, 1.165) is 54.1 Å². The first-order valence-corrected chi connectivity index (χ1v) is 14.0. The van der Waals surface area contributed by atoms with Gasteiger partial charge in [0.15, 0.2) is 0 Å². The third-order valence-corrected chi connectivity index (χ3v) is 8.66. The van der Waals surface area contributed by atoms with Gasteiger partial charge in [0.05, 0.1) is 18.2 Å². The normalized spacial score (nSPS) is 25.9. The van der Waals surface area contributed by atoms with Gasteiger partial charge in [0.2, 0.25) is 0 Å². The molecule has 38 heavy (non-hydrogen) atoms. The third kappa shape index (κ3) is 4.95. The molecule has 0 aromatic heterocycles. The summed E-state index contributed by atoms with van der Waals surface area (Å²) in [5.74, 6) is 1.05. The summed E-state index contributed by atoms with van der Waals surface area (Å²) in [6, 6.07) is 23.1. The van der Waals surface area contributed by atoms with E-state index in [1.54, 1.807) is 0 Å². The fourth-order valence-electron chi connectivity index (χ4n) is 6.85. The van der Waals surface area contributed by atoms with Crippen LogP contribution < -0.4 is 0 Å². The Labute approximate surface area is 226 Å². The van der Waals surface area contributed by atoms with Gasteiger partial charge in [0, 0.05) is 18.7 Å². The van der Waals surface area contributed by atoms with Crippen molar-refractivity contribution in [2.75, 3.05) is 20.6 Å². The minimum absolute atomic E-state index is 0.0763. The lowest BCUT2D eigenvalue weighted by Gasteiger charge is -2.41. The van der Waals surface area contributed by atoms with E-state index in [1.165, 1.54) is 5.56 Å². The van der Waals surface area contributed by atoms with Crippen LogP contribution in [0, 0.1) is 11.8 Å². The number of benzene rings is 3. The van der Waals surface area contributed by atoms with E-state index in [2.05, 4.69) is 90.7 Å². The van der Waals surface area contributed by atoms with Gasteiger partial charge in [-0.1, -0.05) is 78.9 Å². The second-order valence-corrected chi connectivity index (χ2v) is 11.6. The van der Waals surface area contributed by atoms with Crippen molar-refractivity contribution >= 4 is 16.7 Å². The van der Waals surface area contributed by atoms with Crippen LogP contribution >= 0.6 is 0 Å². The predicted octanol–water partition coefficient (Wildman–Crippen LogP) is 6.61. The maximum Gasteiger partial charge on any atom is 0.254 e. The highest BCUT2D eigenvalue weighted by molar-refractivity contribution is 5.98. The third-order valence-electron chi connectivity index (χ3n) is 8.66. The first-order chi connectivity index (χ1) is 18.5. The molecule has 2 aliphatic carbocycles.